The lowest BCUT2D eigenvalue weighted by Crippen LogP contribution is -2.26. The lowest BCUT2D eigenvalue weighted by molar-refractivity contribution is 0.0772. The number of hydrogen-bond donors (Lipinski definition) is 0. The molecule has 6 heteroatoms. The van der Waals surface area contributed by atoms with E-state index in [4.69, 9.17) is 9.15 Å². The number of aromatic nitrogens is 2. The normalized spacial score (nSPS) is 10.6. The summed E-state index contributed by atoms with van der Waals surface area (Å²) >= 11 is 0. The van der Waals surface area contributed by atoms with Crippen molar-refractivity contribution in [2.45, 2.75) is 19.9 Å². The molecular weight excluding hydrogens is 330 g/mol. The number of rotatable bonds is 6. The van der Waals surface area contributed by atoms with Gasteiger partial charge in [-0.1, -0.05) is 37.3 Å². The minimum atomic E-state index is -0.113. The van der Waals surface area contributed by atoms with Crippen molar-refractivity contribution < 1.29 is 13.9 Å². The maximum atomic E-state index is 12.8. The van der Waals surface area contributed by atoms with E-state index in [0.717, 1.165) is 16.9 Å². The fourth-order valence-corrected chi connectivity index (χ4v) is 2.69. The highest BCUT2D eigenvalue weighted by molar-refractivity contribution is 5.95. The molecule has 6 nitrogen and oxygen atoms in total. The summed E-state index contributed by atoms with van der Waals surface area (Å²) in [5.74, 6) is 1.65. The molecule has 134 valence electrons. The summed E-state index contributed by atoms with van der Waals surface area (Å²) in [5, 5.41) is 7.89. The van der Waals surface area contributed by atoms with Crippen LogP contribution < -0.4 is 4.74 Å². The van der Waals surface area contributed by atoms with Crippen LogP contribution in [-0.4, -0.2) is 35.2 Å². The molecule has 1 aromatic heterocycles. The molecule has 26 heavy (non-hydrogen) atoms. The summed E-state index contributed by atoms with van der Waals surface area (Å²) in [4.78, 5) is 14.3. The number of methoxy groups -OCH3 is 1. The van der Waals surface area contributed by atoms with Crippen LogP contribution in [0, 0.1) is 0 Å². The predicted molar refractivity (Wildman–Crippen MR) is 97.9 cm³/mol. The molecule has 0 radical (unpaired) electrons. The first kappa shape index (κ1) is 17.7. The molecule has 3 aromatic rings. The van der Waals surface area contributed by atoms with E-state index in [1.807, 2.05) is 49.4 Å². The Kier molecular flexibility index (Phi) is 5.31. The van der Waals surface area contributed by atoms with Gasteiger partial charge in [-0.15, -0.1) is 10.2 Å². The van der Waals surface area contributed by atoms with Crippen molar-refractivity contribution in [2.75, 3.05) is 14.2 Å². The van der Waals surface area contributed by atoms with E-state index in [9.17, 15) is 4.79 Å². The van der Waals surface area contributed by atoms with Crippen molar-refractivity contribution >= 4 is 5.91 Å². The van der Waals surface area contributed by atoms with Crippen molar-refractivity contribution in [1.82, 2.24) is 15.1 Å². The minimum absolute atomic E-state index is 0.113. The molecule has 0 spiro atoms. The van der Waals surface area contributed by atoms with Crippen molar-refractivity contribution in [3.8, 4) is 16.9 Å². The number of carbonyl (C=O) groups excluding carboxylic acids is 1. The van der Waals surface area contributed by atoms with E-state index in [2.05, 4.69) is 10.2 Å². The standard InChI is InChI=1S/C20H21N3O3/c1-4-18-21-22-19(26-18)13-23(2)20(24)15-9-7-8-14(12-15)16-10-5-6-11-17(16)25-3/h5-12H,4,13H2,1-3H3. The molecule has 0 aliphatic rings. The highest BCUT2D eigenvalue weighted by Gasteiger charge is 2.16. The third kappa shape index (κ3) is 3.74. The van der Waals surface area contributed by atoms with Crippen LogP contribution in [0.4, 0.5) is 0 Å². The highest BCUT2D eigenvalue weighted by Crippen LogP contribution is 2.30. The number of carbonyl (C=O) groups is 1. The molecular formula is C20H21N3O3. The van der Waals surface area contributed by atoms with Crippen molar-refractivity contribution in [3.05, 3.63) is 65.9 Å². The van der Waals surface area contributed by atoms with Crippen molar-refractivity contribution in [1.29, 1.82) is 0 Å². The van der Waals surface area contributed by atoms with Gasteiger partial charge < -0.3 is 14.1 Å². The third-order valence-electron chi connectivity index (χ3n) is 4.06. The second-order valence-electron chi connectivity index (χ2n) is 5.89. The van der Waals surface area contributed by atoms with Crippen LogP contribution in [0.5, 0.6) is 5.75 Å². The van der Waals surface area contributed by atoms with Crippen LogP contribution in [0.15, 0.2) is 52.9 Å². The smallest absolute Gasteiger partial charge is 0.254 e. The Labute approximate surface area is 152 Å². The van der Waals surface area contributed by atoms with Crippen molar-refractivity contribution in [3.63, 3.8) is 0 Å². The van der Waals surface area contributed by atoms with Crippen LogP contribution in [0.25, 0.3) is 11.1 Å². The fourth-order valence-electron chi connectivity index (χ4n) is 2.69. The maximum absolute atomic E-state index is 12.8. The summed E-state index contributed by atoms with van der Waals surface area (Å²) < 4.78 is 10.9. The highest BCUT2D eigenvalue weighted by atomic mass is 16.5. The van der Waals surface area contributed by atoms with E-state index in [1.54, 1.807) is 25.1 Å². The largest absolute Gasteiger partial charge is 0.496 e. The second kappa shape index (κ2) is 7.82. The Balaban J connectivity index is 1.81. The molecule has 0 saturated heterocycles. The zero-order valence-corrected chi connectivity index (χ0v) is 15.1. The average molecular weight is 351 g/mol. The lowest BCUT2D eigenvalue weighted by Gasteiger charge is -2.16. The van der Waals surface area contributed by atoms with Gasteiger partial charge in [-0.2, -0.15) is 0 Å². The first-order valence-corrected chi connectivity index (χ1v) is 8.42. The van der Waals surface area contributed by atoms with Crippen LogP contribution in [0.2, 0.25) is 0 Å². The molecule has 0 aliphatic carbocycles. The first-order valence-electron chi connectivity index (χ1n) is 8.42. The zero-order valence-electron chi connectivity index (χ0n) is 15.1. The van der Waals surface area contributed by atoms with Gasteiger partial charge in [-0.05, 0) is 23.8 Å². The van der Waals surface area contributed by atoms with Crippen LogP contribution >= 0.6 is 0 Å². The van der Waals surface area contributed by atoms with Gasteiger partial charge in [0.2, 0.25) is 11.8 Å². The maximum Gasteiger partial charge on any atom is 0.254 e. The molecule has 2 aromatic carbocycles. The Morgan fingerprint density at radius 2 is 1.88 bits per heavy atom. The predicted octanol–water partition coefficient (Wildman–Crippen LogP) is 3.58. The molecule has 0 aliphatic heterocycles. The molecule has 0 bridgehead atoms. The lowest BCUT2D eigenvalue weighted by atomic mass is 10.0. The monoisotopic (exact) mass is 351 g/mol. The number of amides is 1. The number of aryl methyl sites for hydroxylation is 1. The van der Waals surface area contributed by atoms with E-state index in [-0.39, 0.29) is 12.5 Å². The van der Waals surface area contributed by atoms with Gasteiger partial charge in [-0.25, -0.2) is 0 Å². The molecule has 0 atom stereocenters. The van der Waals surface area contributed by atoms with E-state index >= 15 is 0 Å². The Morgan fingerprint density at radius 3 is 2.62 bits per heavy atom. The summed E-state index contributed by atoms with van der Waals surface area (Å²) in [6.45, 7) is 2.21. The Hall–Kier alpha value is -3.15. The van der Waals surface area contributed by atoms with Gasteiger partial charge >= 0.3 is 0 Å². The van der Waals surface area contributed by atoms with Crippen LogP contribution in [-0.2, 0) is 13.0 Å². The third-order valence-corrected chi connectivity index (χ3v) is 4.06. The molecule has 3 rings (SSSR count). The molecule has 0 unspecified atom stereocenters. The Morgan fingerprint density at radius 1 is 1.12 bits per heavy atom. The summed E-state index contributed by atoms with van der Waals surface area (Å²) in [6.07, 6.45) is 0.672. The first-order chi connectivity index (χ1) is 12.6. The number of ether oxygens (including phenoxy) is 1. The summed E-state index contributed by atoms with van der Waals surface area (Å²) in [7, 11) is 3.35. The average Bonchev–Trinajstić information content (AvgIpc) is 3.15. The summed E-state index contributed by atoms with van der Waals surface area (Å²) in [5.41, 5.74) is 2.45. The van der Waals surface area contributed by atoms with Gasteiger partial charge in [0.05, 0.1) is 13.7 Å². The van der Waals surface area contributed by atoms with E-state index in [1.165, 1.54) is 0 Å². The van der Waals surface area contributed by atoms with Crippen molar-refractivity contribution in [2.24, 2.45) is 0 Å². The SMILES string of the molecule is CCc1nnc(CN(C)C(=O)c2cccc(-c3ccccc3OC)c2)o1. The van der Waals surface area contributed by atoms with Gasteiger partial charge in [0.25, 0.3) is 5.91 Å². The number of benzene rings is 2. The number of nitrogens with zero attached hydrogens (tertiary/aromatic N) is 3. The quantitative estimate of drug-likeness (QED) is 0.679. The molecule has 1 amide bonds. The number of para-hydroxylation sites is 1. The molecule has 0 saturated carbocycles. The topological polar surface area (TPSA) is 68.5 Å². The van der Waals surface area contributed by atoms with E-state index in [0.29, 0.717) is 23.8 Å². The van der Waals surface area contributed by atoms with Gasteiger partial charge in [0.15, 0.2) is 0 Å². The fraction of sp³-hybridized carbons (Fsp3) is 0.250. The van der Waals surface area contributed by atoms with Crippen LogP contribution in [0.3, 0.4) is 0 Å². The van der Waals surface area contributed by atoms with Gasteiger partial charge in [0.1, 0.15) is 5.75 Å². The zero-order chi connectivity index (χ0) is 18.5. The molecule has 1 heterocycles. The molecule has 0 N–H and O–H groups in total. The van der Waals surface area contributed by atoms with Gasteiger partial charge in [0, 0.05) is 24.6 Å². The minimum Gasteiger partial charge on any atom is -0.496 e. The Bertz CT molecular complexity index is 905. The molecule has 0 fully saturated rings. The van der Waals surface area contributed by atoms with Gasteiger partial charge in [-0.3, -0.25) is 4.79 Å². The second-order valence-corrected chi connectivity index (χ2v) is 5.89. The van der Waals surface area contributed by atoms with E-state index < -0.39 is 0 Å². The number of hydrogen-bond acceptors (Lipinski definition) is 5. The van der Waals surface area contributed by atoms with Crippen LogP contribution in [0.1, 0.15) is 29.1 Å². The summed E-state index contributed by atoms with van der Waals surface area (Å²) in [6, 6.07) is 15.2.